The molecule has 26 heavy (non-hydrogen) atoms. The molecule has 3 heterocycles. The normalized spacial score (nSPS) is 37.5. The zero-order valence-corrected chi connectivity index (χ0v) is 14.7. The molecular formula is C20H24N2O4. The SMILES string of the molecule is O=C(O)[C@H]1[C@H]2CC[C@H](C2)[C@H]1C(=O)N1C[C@@H]2C[C@H](C1)c1cccc(=O)n1C2. The predicted molar refractivity (Wildman–Crippen MR) is 93.6 cm³/mol. The summed E-state index contributed by atoms with van der Waals surface area (Å²) in [5, 5.41) is 9.67. The fourth-order valence-electron chi connectivity index (χ4n) is 6.29. The second kappa shape index (κ2) is 5.69. The Labute approximate surface area is 151 Å². The molecule has 6 nitrogen and oxygen atoms in total. The number of likely N-dealkylation sites (tertiary alicyclic amines) is 1. The van der Waals surface area contributed by atoms with Gasteiger partial charge < -0.3 is 14.6 Å². The molecule has 3 fully saturated rings. The molecule has 5 rings (SSSR count). The number of piperidine rings is 1. The van der Waals surface area contributed by atoms with Crippen molar-refractivity contribution in [3.63, 3.8) is 0 Å². The second-order valence-electron chi connectivity index (χ2n) is 8.66. The summed E-state index contributed by atoms with van der Waals surface area (Å²) >= 11 is 0. The maximum Gasteiger partial charge on any atom is 0.307 e. The lowest BCUT2D eigenvalue weighted by Gasteiger charge is -2.44. The first-order valence-electron chi connectivity index (χ1n) is 9.74. The number of carbonyl (C=O) groups is 2. The second-order valence-corrected chi connectivity index (χ2v) is 8.66. The number of rotatable bonds is 2. The number of carboxylic acids is 1. The minimum absolute atomic E-state index is 0.0380. The average Bonchev–Trinajstić information content (AvgIpc) is 3.23. The van der Waals surface area contributed by atoms with Crippen molar-refractivity contribution in [1.29, 1.82) is 0 Å². The van der Waals surface area contributed by atoms with Crippen LogP contribution >= 0.6 is 0 Å². The van der Waals surface area contributed by atoms with Crippen LogP contribution < -0.4 is 5.56 Å². The van der Waals surface area contributed by atoms with Crippen LogP contribution in [0.15, 0.2) is 23.0 Å². The maximum absolute atomic E-state index is 13.3. The fourth-order valence-corrected chi connectivity index (χ4v) is 6.29. The first-order chi connectivity index (χ1) is 12.5. The van der Waals surface area contributed by atoms with Gasteiger partial charge >= 0.3 is 5.97 Å². The van der Waals surface area contributed by atoms with E-state index in [2.05, 4.69) is 0 Å². The van der Waals surface area contributed by atoms with Crippen molar-refractivity contribution in [2.24, 2.45) is 29.6 Å². The third kappa shape index (κ3) is 2.27. The van der Waals surface area contributed by atoms with E-state index in [1.165, 1.54) is 0 Å². The number of carboxylic acid groups (broad SMARTS) is 1. The van der Waals surface area contributed by atoms with Crippen molar-refractivity contribution >= 4 is 11.9 Å². The molecule has 2 saturated carbocycles. The molecule has 0 radical (unpaired) electrons. The molecule has 6 heteroatoms. The maximum atomic E-state index is 13.3. The number of hydrogen-bond acceptors (Lipinski definition) is 3. The Morgan fingerprint density at radius 3 is 2.54 bits per heavy atom. The van der Waals surface area contributed by atoms with Gasteiger partial charge in [-0.1, -0.05) is 6.07 Å². The summed E-state index contributed by atoms with van der Waals surface area (Å²) in [6.07, 6.45) is 3.84. The van der Waals surface area contributed by atoms with Crippen molar-refractivity contribution in [3.05, 3.63) is 34.2 Å². The number of carbonyl (C=O) groups excluding carboxylic acids is 1. The third-order valence-corrected chi connectivity index (χ3v) is 7.28. The van der Waals surface area contributed by atoms with E-state index in [1.54, 1.807) is 12.1 Å². The van der Waals surface area contributed by atoms with E-state index in [0.29, 0.717) is 19.6 Å². The van der Waals surface area contributed by atoms with Gasteiger partial charge in [-0.3, -0.25) is 14.4 Å². The molecule has 1 N–H and O–H groups in total. The van der Waals surface area contributed by atoms with E-state index in [-0.39, 0.29) is 41.1 Å². The van der Waals surface area contributed by atoms with Crippen molar-refractivity contribution in [3.8, 4) is 0 Å². The summed E-state index contributed by atoms with van der Waals surface area (Å²) in [7, 11) is 0. The molecule has 138 valence electrons. The number of aliphatic carboxylic acids is 1. The first-order valence-corrected chi connectivity index (χ1v) is 9.74. The van der Waals surface area contributed by atoms with Gasteiger partial charge in [0.25, 0.3) is 5.56 Å². The molecule has 0 unspecified atom stereocenters. The predicted octanol–water partition coefficient (Wildman–Crippen LogP) is 1.54. The van der Waals surface area contributed by atoms with E-state index in [9.17, 15) is 19.5 Å². The summed E-state index contributed by atoms with van der Waals surface area (Å²) in [5.74, 6) is -0.716. The zero-order valence-electron chi connectivity index (χ0n) is 14.7. The van der Waals surface area contributed by atoms with Crippen LogP contribution in [0.5, 0.6) is 0 Å². The van der Waals surface area contributed by atoms with Gasteiger partial charge in [-0.15, -0.1) is 0 Å². The molecule has 2 aliphatic carbocycles. The van der Waals surface area contributed by atoms with Crippen LogP contribution in [0.25, 0.3) is 0 Å². The van der Waals surface area contributed by atoms with Gasteiger partial charge in [0, 0.05) is 37.3 Å². The smallest absolute Gasteiger partial charge is 0.307 e. The highest BCUT2D eigenvalue weighted by Gasteiger charge is 2.55. The lowest BCUT2D eigenvalue weighted by Crippen LogP contribution is -2.52. The van der Waals surface area contributed by atoms with E-state index < -0.39 is 11.9 Å². The van der Waals surface area contributed by atoms with E-state index >= 15 is 0 Å². The summed E-state index contributed by atoms with van der Waals surface area (Å²) in [4.78, 5) is 39.1. The Balaban J connectivity index is 1.41. The minimum atomic E-state index is -0.801. The molecule has 6 atom stereocenters. The van der Waals surface area contributed by atoms with Gasteiger partial charge in [0.2, 0.25) is 5.91 Å². The van der Waals surface area contributed by atoms with Crippen LogP contribution in [0.4, 0.5) is 0 Å². The van der Waals surface area contributed by atoms with Crippen LogP contribution in [0, 0.1) is 29.6 Å². The molecule has 1 amide bonds. The Morgan fingerprint density at radius 2 is 1.77 bits per heavy atom. The van der Waals surface area contributed by atoms with E-state index in [4.69, 9.17) is 0 Å². The number of fused-ring (bicyclic) bond motifs is 6. The van der Waals surface area contributed by atoms with Crippen LogP contribution in [-0.4, -0.2) is 39.5 Å². The quantitative estimate of drug-likeness (QED) is 0.872. The Hall–Kier alpha value is -2.11. The summed E-state index contributed by atoms with van der Waals surface area (Å²) in [5.41, 5.74) is 1.06. The summed E-state index contributed by atoms with van der Waals surface area (Å²) in [6.45, 7) is 1.92. The molecular weight excluding hydrogens is 332 g/mol. The fraction of sp³-hybridized carbons (Fsp3) is 0.650. The summed E-state index contributed by atoms with van der Waals surface area (Å²) < 4.78 is 1.86. The van der Waals surface area contributed by atoms with Crippen LogP contribution in [0.2, 0.25) is 0 Å². The molecule has 2 aliphatic heterocycles. The van der Waals surface area contributed by atoms with Crippen molar-refractivity contribution < 1.29 is 14.7 Å². The molecule has 1 aromatic heterocycles. The van der Waals surface area contributed by atoms with Crippen LogP contribution in [0.1, 0.15) is 37.3 Å². The van der Waals surface area contributed by atoms with Gasteiger partial charge in [-0.25, -0.2) is 0 Å². The van der Waals surface area contributed by atoms with Crippen molar-refractivity contribution in [2.45, 2.75) is 38.1 Å². The number of hydrogen-bond donors (Lipinski definition) is 1. The van der Waals surface area contributed by atoms with Gasteiger partial charge in [-0.2, -0.15) is 0 Å². The topological polar surface area (TPSA) is 79.6 Å². The Morgan fingerprint density at radius 1 is 1.00 bits per heavy atom. The molecule has 1 saturated heterocycles. The number of nitrogens with zero attached hydrogens (tertiary/aromatic N) is 2. The standard InChI is InChI=1S/C20H24N2O4/c23-16-3-1-2-15-14-6-11(9-22(15)16)8-21(10-14)19(24)17-12-4-5-13(7-12)18(17)20(25)26/h1-3,11-14,17-18H,4-10H2,(H,25,26)/t11-,12+,13-,14+,17+,18-/m0/s1. The van der Waals surface area contributed by atoms with Crippen molar-refractivity contribution in [1.82, 2.24) is 9.47 Å². The minimum Gasteiger partial charge on any atom is -0.481 e. The molecule has 0 aromatic carbocycles. The van der Waals surface area contributed by atoms with E-state index in [1.807, 2.05) is 15.5 Å². The van der Waals surface area contributed by atoms with Crippen molar-refractivity contribution in [2.75, 3.05) is 13.1 Å². The highest BCUT2D eigenvalue weighted by Crippen LogP contribution is 2.53. The number of aromatic nitrogens is 1. The third-order valence-electron chi connectivity index (χ3n) is 7.28. The molecule has 0 spiro atoms. The van der Waals surface area contributed by atoms with Gasteiger partial charge in [0.05, 0.1) is 11.8 Å². The first kappa shape index (κ1) is 16.1. The van der Waals surface area contributed by atoms with Gasteiger partial charge in [0.15, 0.2) is 0 Å². The van der Waals surface area contributed by atoms with E-state index in [0.717, 1.165) is 31.4 Å². The average molecular weight is 356 g/mol. The lowest BCUT2D eigenvalue weighted by atomic mass is 9.77. The van der Waals surface area contributed by atoms with Gasteiger partial charge in [-0.05, 0) is 49.5 Å². The highest BCUT2D eigenvalue weighted by molar-refractivity contribution is 5.86. The molecule has 4 bridgehead atoms. The van der Waals surface area contributed by atoms with Crippen LogP contribution in [0.3, 0.4) is 0 Å². The summed E-state index contributed by atoms with van der Waals surface area (Å²) in [6, 6.07) is 5.39. The Bertz CT molecular complexity index is 831. The lowest BCUT2D eigenvalue weighted by molar-refractivity contribution is -0.154. The van der Waals surface area contributed by atoms with Crippen LogP contribution in [-0.2, 0) is 16.1 Å². The largest absolute Gasteiger partial charge is 0.481 e. The molecule has 4 aliphatic rings. The molecule has 1 aromatic rings. The number of amides is 1. The number of pyridine rings is 1. The highest BCUT2D eigenvalue weighted by atomic mass is 16.4. The van der Waals surface area contributed by atoms with Gasteiger partial charge in [0.1, 0.15) is 0 Å². The monoisotopic (exact) mass is 356 g/mol. The Kier molecular flexibility index (Phi) is 3.52. The zero-order chi connectivity index (χ0) is 18.0.